The summed E-state index contributed by atoms with van der Waals surface area (Å²) in [6.45, 7) is 0. The monoisotopic (exact) mass is 860 g/mol. The van der Waals surface area contributed by atoms with Crippen molar-refractivity contribution in [2.24, 2.45) is 9.98 Å². The Balaban J connectivity index is 1.11. The van der Waals surface area contributed by atoms with Crippen LogP contribution in [0.2, 0.25) is 0 Å². The smallest absolute Gasteiger partial charge is 0.238 e. The number of guanidine groups is 1. The van der Waals surface area contributed by atoms with Crippen LogP contribution in [0, 0.1) is 0 Å². The van der Waals surface area contributed by atoms with Crippen LogP contribution in [0.4, 0.5) is 28.7 Å². The molecule has 312 valence electrons. The lowest BCUT2D eigenvalue weighted by atomic mass is 9.96. The number of benzene rings is 8. The molecule has 1 atom stereocenters. The van der Waals surface area contributed by atoms with Crippen molar-refractivity contribution in [1.82, 2.24) is 9.97 Å². The molecule has 0 radical (unpaired) electrons. The third-order valence-corrected chi connectivity index (χ3v) is 13.6. The van der Waals surface area contributed by atoms with E-state index in [0.29, 0.717) is 46.5 Å². The summed E-state index contributed by atoms with van der Waals surface area (Å²) in [5, 5.41) is 0. The van der Waals surface area contributed by atoms with E-state index in [-0.39, 0.29) is 15.8 Å². The van der Waals surface area contributed by atoms with Gasteiger partial charge in [-0.2, -0.15) is 0 Å². The molecule has 0 saturated heterocycles. The second-order valence-electron chi connectivity index (χ2n) is 15.9. The Kier molecular flexibility index (Phi) is 10.2. The van der Waals surface area contributed by atoms with Gasteiger partial charge in [0, 0.05) is 45.7 Å². The first-order chi connectivity index (χ1) is 32.0. The lowest BCUT2D eigenvalue weighted by molar-refractivity contribution is 0.598. The van der Waals surface area contributed by atoms with E-state index in [2.05, 4.69) is 29.2 Å². The Bertz CT molecular complexity index is 3260. The summed E-state index contributed by atoms with van der Waals surface area (Å²) in [6, 6.07) is 73.1. The highest BCUT2D eigenvalue weighted by Gasteiger charge is 2.36. The van der Waals surface area contributed by atoms with E-state index < -0.39 is 9.84 Å². The molecule has 0 bridgehead atoms. The molecule has 2 aliphatic heterocycles. The minimum atomic E-state index is -4.03. The second kappa shape index (κ2) is 16.8. The van der Waals surface area contributed by atoms with Crippen molar-refractivity contribution in [3.8, 4) is 33.6 Å². The maximum absolute atomic E-state index is 15.0. The predicted octanol–water partition coefficient (Wildman–Crippen LogP) is 13.2. The summed E-state index contributed by atoms with van der Waals surface area (Å²) < 4.78 is 30.1. The van der Waals surface area contributed by atoms with Crippen LogP contribution in [0.25, 0.3) is 33.6 Å². The Morgan fingerprint density at radius 1 is 0.431 bits per heavy atom. The van der Waals surface area contributed by atoms with Crippen molar-refractivity contribution >= 4 is 50.2 Å². The van der Waals surface area contributed by atoms with Crippen molar-refractivity contribution < 1.29 is 8.42 Å². The van der Waals surface area contributed by atoms with E-state index in [9.17, 15) is 0 Å². The molecule has 8 nitrogen and oxygen atoms in total. The van der Waals surface area contributed by atoms with Gasteiger partial charge in [-0.3, -0.25) is 0 Å². The highest BCUT2D eigenvalue weighted by molar-refractivity contribution is 7.92. The van der Waals surface area contributed by atoms with E-state index in [0.717, 1.165) is 45.0 Å². The molecule has 0 spiro atoms. The molecule has 0 aliphatic carbocycles. The third kappa shape index (κ3) is 7.58. The molecule has 0 N–H and O–H groups in total. The van der Waals surface area contributed by atoms with Crippen molar-refractivity contribution in [2.45, 2.75) is 22.3 Å². The molecule has 0 fully saturated rings. The van der Waals surface area contributed by atoms with E-state index in [4.69, 9.17) is 20.0 Å². The van der Waals surface area contributed by atoms with Crippen molar-refractivity contribution in [3.63, 3.8) is 0 Å². The fourth-order valence-electron chi connectivity index (χ4n) is 8.63. The fraction of sp³-hybridized carbons (Fsp3) is 0.0357. The molecule has 9 heteroatoms. The number of anilines is 5. The molecule has 0 amide bonds. The van der Waals surface area contributed by atoms with Gasteiger partial charge in [0.05, 0.1) is 38.6 Å². The summed E-state index contributed by atoms with van der Waals surface area (Å²) in [4.78, 5) is 25.5. The molecular formula is C56H40N6O2S. The molecule has 1 unspecified atom stereocenters. The summed E-state index contributed by atoms with van der Waals surface area (Å²) >= 11 is 0. The van der Waals surface area contributed by atoms with Crippen LogP contribution in [-0.4, -0.2) is 30.1 Å². The lowest BCUT2D eigenvalue weighted by Crippen LogP contribution is -2.31. The largest absolute Gasteiger partial charge is 0.310 e. The van der Waals surface area contributed by atoms with Gasteiger partial charge in [-0.1, -0.05) is 170 Å². The highest BCUT2D eigenvalue weighted by Crippen LogP contribution is 2.48. The number of aliphatic imine (C=N–C) groups is 2. The zero-order valence-electron chi connectivity index (χ0n) is 35.1. The predicted molar refractivity (Wildman–Crippen MR) is 261 cm³/mol. The van der Waals surface area contributed by atoms with Gasteiger partial charge >= 0.3 is 0 Å². The van der Waals surface area contributed by atoms with Crippen LogP contribution in [0.3, 0.4) is 0 Å². The summed E-state index contributed by atoms with van der Waals surface area (Å²) in [5.41, 5.74) is 10.3. The van der Waals surface area contributed by atoms with Gasteiger partial charge in [0.2, 0.25) is 21.7 Å². The molecule has 3 heterocycles. The zero-order valence-corrected chi connectivity index (χ0v) is 35.9. The van der Waals surface area contributed by atoms with Crippen LogP contribution in [0.1, 0.15) is 23.6 Å². The standard InChI is InChI=1S/C56H40N6O2S/c63-65(64)53-35-45(61(43-27-15-5-16-28-43)44-29-17-6-18-30-44)31-33-47(53)48-34-32-46(36-54(48)65)62(55-57-49(39-19-7-1-8-20-39)37-50(58-55)40-21-9-2-10-22-40)56-59-51(41-23-11-3-12-24-41)38-52(60-56)42-25-13-4-14-26-42/h1-37,51H,38H2. The first kappa shape index (κ1) is 39.6. The number of para-hydroxylation sites is 2. The average molecular weight is 861 g/mol. The Labute approximate surface area is 378 Å². The van der Waals surface area contributed by atoms with Gasteiger partial charge in [-0.05, 0) is 65.7 Å². The van der Waals surface area contributed by atoms with Gasteiger partial charge in [-0.15, -0.1) is 0 Å². The third-order valence-electron chi connectivity index (χ3n) is 11.8. The van der Waals surface area contributed by atoms with E-state index >= 15 is 8.42 Å². The number of fused-ring (bicyclic) bond motifs is 3. The minimum Gasteiger partial charge on any atom is -0.310 e. The number of aromatic nitrogens is 2. The molecule has 8 aromatic carbocycles. The molecule has 0 saturated carbocycles. The second-order valence-corrected chi connectivity index (χ2v) is 17.7. The molecule has 11 rings (SSSR count). The van der Waals surface area contributed by atoms with E-state index in [1.807, 2.05) is 193 Å². The fourth-order valence-corrected chi connectivity index (χ4v) is 10.4. The zero-order chi connectivity index (χ0) is 43.7. The van der Waals surface area contributed by atoms with Gasteiger partial charge in [-0.25, -0.2) is 33.3 Å². The van der Waals surface area contributed by atoms with Crippen LogP contribution in [0.15, 0.2) is 244 Å². The number of hydrogen-bond acceptors (Lipinski definition) is 8. The van der Waals surface area contributed by atoms with Crippen molar-refractivity contribution in [3.05, 3.63) is 236 Å². The maximum atomic E-state index is 15.0. The molecular weight excluding hydrogens is 821 g/mol. The van der Waals surface area contributed by atoms with Gasteiger partial charge in [0.15, 0.2) is 0 Å². The van der Waals surface area contributed by atoms with E-state index in [1.165, 1.54) is 0 Å². The summed E-state index contributed by atoms with van der Waals surface area (Å²) in [6.07, 6.45) is 0.560. The normalized spacial score (nSPS) is 14.7. The van der Waals surface area contributed by atoms with Crippen LogP contribution >= 0.6 is 0 Å². The van der Waals surface area contributed by atoms with E-state index in [1.54, 1.807) is 12.1 Å². The van der Waals surface area contributed by atoms with Crippen LogP contribution < -0.4 is 9.80 Å². The molecule has 65 heavy (non-hydrogen) atoms. The van der Waals surface area contributed by atoms with Crippen LogP contribution in [0.5, 0.6) is 0 Å². The van der Waals surface area contributed by atoms with Gasteiger partial charge in [0.25, 0.3) is 0 Å². The van der Waals surface area contributed by atoms with Gasteiger partial charge in [0.1, 0.15) is 0 Å². The Morgan fingerprint density at radius 3 is 1.35 bits per heavy atom. The van der Waals surface area contributed by atoms with Crippen LogP contribution in [-0.2, 0) is 9.84 Å². The summed E-state index contributed by atoms with van der Waals surface area (Å²) in [7, 11) is -4.03. The van der Waals surface area contributed by atoms with Gasteiger partial charge < -0.3 is 4.90 Å². The average Bonchev–Trinajstić information content (AvgIpc) is 3.60. The van der Waals surface area contributed by atoms with Crippen molar-refractivity contribution in [2.75, 3.05) is 9.80 Å². The summed E-state index contributed by atoms with van der Waals surface area (Å²) in [5.74, 6) is 0.634. The number of nitrogens with zero attached hydrogens (tertiary/aromatic N) is 6. The SMILES string of the molecule is O=S1(=O)c2cc(N(C3=NC(c4ccccc4)CC(c4ccccc4)=N3)c3nc(-c4ccccc4)cc(-c4ccccc4)n3)ccc2-c2ccc(N(c3ccccc3)c3ccccc3)cc21. The Hall–Kier alpha value is -8.27. The molecule has 2 aliphatic rings. The van der Waals surface area contributed by atoms with Crippen molar-refractivity contribution in [1.29, 1.82) is 0 Å². The number of hydrogen-bond donors (Lipinski definition) is 0. The topological polar surface area (TPSA) is 91.1 Å². The highest BCUT2D eigenvalue weighted by atomic mass is 32.2. The molecule has 9 aromatic rings. The maximum Gasteiger partial charge on any atom is 0.238 e. The Morgan fingerprint density at radius 2 is 0.862 bits per heavy atom. The quantitative estimate of drug-likeness (QED) is 0.144. The molecule has 1 aromatic heterocycles. The minimum absolute atomic E-state index is 0.184. The number of rotatable bonds is 9. The lowest BCUT2D eigenvalue weighted by Gasteiger charge is -2.28. The first-order valence-electron chi connectivity index (χ1n) is 21.5. The number of sulfone groups is 1. The first-order valence-corrected chi connectivity index (χ1v) is 23.0.